The lowest BCUT2D eigenvalue weighted by molar-refractivity contribution is -0.138. The van der Waals surface area contributed by atoms with Crippen LogP contribution in [0.1, 0.15) is 47.2 Å². The highest BCUT2D eigenvalue weighted by molar-refractivity contribution is 6.07. The Kier molecular flexibility index (Phi) is 12.5. The Morgan fingerprint density at radius 3 is 2.06 bits per heavy atom. The molecule has 0 aromatic heterocycles. The van der Waals surface area contributed by atoms with Crippen molar-refractivity contribution in [2.24, 2.45) is 0 Å². The third-order valence-corrected chi connectivity index (χ3v) is 11.0. The summed E-state index contributed by atoms with van der Waals surface area (Å²) in [6.45, 7) is 1.70. The molecule has 0 saturated heterocycles. The van der Waals surface area contributed by atoms with Crippen molar-refractivity contribution in [2.75, 3.05) is 68.0 Å². The maximum atomic E-state index is 14.4. The van der Waals surface area contributed by atoms with Gasteiger partial charge < -0.3 is 42.5 Å². The number of nitrogens with two attached hydrogens (primary N) is 2. The van der Waals surface area contributed by atoms with E-state index in [9.17, 15) is 40.7 Å². The van der Waals surface area contributed by atoms with E-state index < -0.39 is 47.5 Å². The van der Waals surface area contributed by atoms with Gasteiger partial charge in [-0.05, 0) is 111 Å². The Bertz CT molecular complexity index is 2380. The summed E-state index contributed by atoms with van der Waals surface area (Å²) < 4.78 is 81.8. The molecule has 4 aromatic carbocycles. The fourth-order valence-electron chi connectivity index (χ4n) is 7.97. The van der Waals surface area contributed by atoms with E-state index in [0.717, 1.165) is 29.8 Å². The highest BCUT2D eigenvalue weighted by Crippen LogP contribution is 2.43. The van der Waals surface area contributed by atoms with Crippen LogP contribution in [0.5, 0.6) is 0 Å². The van der Waals surface area contributed by atoms with Gasteiger partial charge in [-0.3, -0.25) is 14.5 Å². The molecule has 4 aromatic rings. The molecule has 326 valence electrons. The van der Waals surface area contributed by atoms with Crippen LogP contribution in [0.4, 0.5) is 53.9 Å². The molecule has 3 aliphatic rings. The number of hydrogen-bond acceptors (Lipinski definition) is 8. The third-order valence-electron chi connectivity index (χ3n) is 11.0. The minimum absolute atomic E-state index is 0.0131. The number of carbonyl (C=O) groups excluding carboxylic acids is 3. The van der Waals surface area contributed by atoms with Crippen molar-refractivity contribution in [2.45, 2.75) is 37.3 Å². The van der Waals surface area contributed by atoms with Gasteiger partial charge in [-0.15, -0.1) is 0 Å². The second-order valence-electron chi connectivity index (χ2n) is 15.3. The number of urea groups is 1. The monoisotopic (exact) mass is 861 g/mol. The first-order chi connectivity index (χ1) is 29.5. The molecular weight excluding hydrogens is 817 g/mol. The van der Waals surface area contributed by atoms with Gasteiger partial charge in [0.1, 0.15) is 0 Å². The van der Waals surface area contributed by atoms with E-state index >= 15 is 0 Å². The summed E-state index contributed by atoms with van der Waals surface area (Å²) in [7, 11) is 1.90. The Balaban J connectivity index is 1.04. The van der Waals surface area contributed by atoms with Crippen LogP contribution in [0.25, 0.3) is 0 Å². The SMILES string of the molecule is CN(CCCN[C@@H](C1=C(Nc2cccc(C(F)(F)F)c2)CNC1=O)c1ccc(N)cc1)CCCN1C(=O)N(c2cccc(C(F)(F)F)c2)C2=C(C(=O)NC2)[C@H]1c1ccc(N)cc1. The zero-order valence-electron chi connectivity index (χ0n) is 33.5. The van der Waals surface area contributed by atoms with Gasteiger partial charge in [0.25, 0.3) is 11.8 Å². The first-order valence-corrected chi connectivity index (χ1v) is 19.9. The standard InChI is InChI=1S/C44H45F6N9O3/c1-57(19-4-18-53-38(26-10-14-30(51)15-11-26)36-34(24-54-40(36)60)56-32-8-2-6-28(22-32)43(45,46)47)20-5-21-58-39(27-12-16-31(52)17-13-27)37-35(25-55-41(37)61)59(42(58)62)33-9-3-7-29(23-33)44(48,49)50/h2-3,6-17,22-23,38-39,53,56H,4-5,18-21,24-25,51-52H2,1H3,(H,54,60)(H,55,61)/t38-,39-/m1/s1. The zero-order chi connectivity index (χ0) is 44.3. The number of amides is 4. The van der Waals surface area contributed by atoms with Gasteiger partial charge in [-0.1, -0.05) is 36.4 Å². The lowest BCUT2D eigenvalue weighted by Gasteiger charge is -2.42. The quantitative estimate of drug-likeness (QED) is 0.0433. The number of anilines is 4. The van der Waals surface area contributed by atoms with Crippen molar-refractivity contribution in [3.63, 3.8) is 0 Å². The summed E-state index contributed by atoms with van der Waals surface area (Å²) in [4.78, 5) is 45.9. The van der Waals surface area contributed by atoms with Crippen LogP contribution in [0.3, 0.4) is 0 Å². The number of benzene rings is 4. The molecule has 12 nitrogen and oxygen atoms in total. The van der Waals surface area contributed by atoms with Crippen LogP contribution in [-0.4, -0.2) is 74.0 Å². The van der Waals surface area contributed by atoms with Crippen LogP contribution in [-0.2, 0) is 21.9 Å². The summed E-state index contributed by atoms with van der Waals surface area (Å²) in [5.41, 5.74) is 14.0. The molecule has 0 spiro atoms. The number of hydrogen-bond donors (Lipinski definition) is 6. The molecule has 3 heterocycles. The van der Waals surface area contributed by atoms with Crippen molar-refractivity contribution in [1.29, 1.82) is 0 Å². The number of nitrogens with zero attached hydrogens (tertiary/aromatic N) is 3. The summed E-state index contributed by atoms with van der Waals surface area (Å²) in [6.07, 6.45) is -8.16. The molecule has 0 saturated carbocycles. The van der Waals surface area contributed by atoms with Gasteiger partial charge in [0.05, 0.1) is 58.8 Å². The normalized spacial score (nSPS) is 17.5. The van der Waals surface area contributed by atoms with Crippen molar-refractivity contribution < 1.29 is 40.7 Å². The topological polar surface area (TPSA) is 161 Å². The summed E-state index contributed by atoms with van der Waals surface area (Å²) in [5.74, 6) is -0.803. The van der Waals surface area contributed by atoms with Crippen molar-refractivity contribution >= 4 is 40.6 Å². The number of nitrogen functional groups attached to an aromatic ring is 2. The summed E-state index contributed by atoms with van der Waals surface area (Å²) in [5, 5.41) is 12.0. The average molecular weight is 862 g/mol. The van der Waals surface area contributed by atoms with E-state index in [2.05, 4.69) is 21.3 Å². The van der Waals surface area contributed by atoms with Crippen LogP contribution >= 0.6 is 0 Å². The lowest BCUT2D eigenvalue weighted by atomic mass is 9.93. The molecule has 62 heavy (non-hydrogen) atoms. The van der Waals surface area contributed by atoms with Gasteiger partial charge in [0, 0.05) is 29.3 Å². The Labute approximate surface area is 353 Å². The molecular formula is C44H45F6N9O3. The van der Waals surface area contributed by atoms with Crippen LogP contribution in [0.2, 0.25) is 0 Å². The summed E-state index contributed by atoms with van der Waals surface area (Å²) >= 11 is 0. The average Bonchev–Trinajstić information content (AvgIpc) is 3.79. The zero-order valence-corrected chi connectivity index (χ0v) is 33.5. The van der Waals surface area contributed by atoms with Crippen LogP contribution < -0.4 is 37.6 Å². The van der Waals surface area contributed by atoms with Gasteiger partial charge in [-0.2, -0.15) is 26.3 Å². The number of halogens is 6. The van der Waals surface area contributed by atoms with Crippen LogP contribution in [0, 0.1) is 0 Å². The fraction of sp³-hybridized carbons (Fsp3) is 0.295. The Hall–Kier alpha value is -6.53. The van der Waals surface area contributed by atoms with E-state index in [1.165, 1.54) is 34.1 Å². The van der Waals surface area contributed by atoms with Crippen molar-refractivity contribution in [3.8, 4) is 0 Å². The number of carbonyl (C=O) groups is 3. The smallest absolute Gasteiger partial charge is 0.399 e. The molecule has 4 amide bonds. The molecule has 7 rings (SSSR count). The molecule has 2 atom stereocenters. The van der Waals surface area contributed by atoms with E-state index in [0.29, 0.717) is 60.7 Å². The minimum Gasteiger partial charge on any atom is -0.399 e. The van der Waals surface area contributed by atoms with E-state index in [4.69, 9.17) is 11.5 Å². The van der Waals surface area contributed by atoms with Gasteiger partial charge >= 0.3 is 18.4 Å². The number of rotatable bonds is 15. The maximum Gasteiger partial charge on any atom is 0.416 e. The molecule has 18 heteroatoms. The Morgan fingerprint density at radius 2 is 1.39 bits per heavy atom. The van der Waals surface area contributed by atoms with Crippen molar-refractivity contribution in [1.82, 2.24) is 25.8 Å². The number of nitrogens with one attached hydrogen (secondary N) is 4. The molecule has 0 bridgehead atoms. The molecule has 3 aliphatic heterocycles. The van der Waals surface area contributed by atoms with E-state index in [-0.39, 0.29) is 48.2 Å². The van der Waals surface area contributed by atoms with Gasteiger partial charge in [0.2, 0.25) is 0 Å². The minimum atomic E-state index is -4.66. The maximum absolute atomic E-state index is 14.4. The molecule has 0 aliphatic carbocycles. The van der Waals surface area contributed by atoms with Gasteiger partial charge in [-0.25, -0.2) is 4.79 Å². The van der Waals surface area contributed by atoms with Crippen molar-refractivity contribution in [3.05, 3.63) is 142 Å². The van der Waals surface area contributed by atoms with Crippen LogP contribution in [0.15, 0.2) is 120 Å². The van der Waals surface area contributed by atoms with E-state index in [1.54, 1.807) is 48.5 Å². The fourth-order valence-corrected chi connectivity index (χ4v) is 7.97. The number of alkyl halides is 6. The second kappa shape index (κ2) is 17.8. The first kappa shape index (κ1) is 43.6. The predicted molar refractivity (Wildman–Crippen MR) is 223 cm³/mol. The molecule has 8 N–H and O–H groups in total. The second-order valence-corrected chi connectivity index (χ2v) is 15.3. The predicted octanol–water partition coefficient (Wildman–Crippen LogP) is 6.79. The highest BCUT2D eigenvalue weighted by atomic mass is 19.4. The highest BCUT2D eigenvalue weighted by Gasteiger charge is 2.46. The summed E-state index contributed by atoms with van der Waals surface area (Å²) in [6, 6.07) is 20.9. The largest absolute Gasteiger partial charge is 0.416 e. The molecule has 0 fully saturated rings. The Morgan fingerprint density at radius 1 is 0.774 bits per heavy atom. The first-order valence-electron chi connectivity index (χ1n) is 19.9. The lowest BCUT2D eigenvalue weighted by Crippen LogP contribution is -2.51. The van der Waals surface area contributed by atoms with Gasteiger partial charge in [0.15, 0.2) is 0 Å². The molecule has 0 unspecified atom stereocenters. The van der Waals surface area contributed by atoms with E-state index in [1.807, 2.05) is 11.9 Å². The molecule has 0 radical (unpaired) electrons. The third kappa shape index (κ3) is 9.50.